The lowest BCUT2D eigenvalue weighted by Gasteiger charge is -2.32. The number of rotatable bonds is 5. The minimum atomic E-state index is 0.0589. The van der Waals surface area contributed by atoms with Crippen LogP contribution < -0.4 is 0 Å². The van der Waals surface area contributed by atoms with Crippen molar-refractivity contribution in [2.75, 3.05) is 19.7 Å². The lowest BCUT2D eigenvalue weighted by atomic mass is 10.1. The molecular weight excluding hydrogens is 316 g/mol. The van der Waals surface area contributed by atoms with Gasteiger partial charge in [-0.05, 0) is 46.1 Å². The molecule has 1 amide bonds. The summed E-state index contributed by atoms with van der Waals surface area (Å²) in [6.07, 6.45) is 4.90. The molecule has 1 saturated heterocycles. The zero-order chi connectivity index (χ0) is 18.0. The summed E-state index contributed by atoms with van der Waals surface area (Å²) in [6.45, 7) is 10.3. The number of carbonyl (C=O) groups excluding carboxylic acids is 1. The average molecular weight is 344 g/mol. The average Bonchev–Trinajstić information content (AvgIpc) is 3.04. The summed E-state index contributed by atoms with van der Waals surface area (Å²) in [7, 11) is 0. The van der Waals surface area contributed by atoms with Crippen LogP contribution in [0, 0.1) is 6.92 Å². The minimum absolute atomic E-state index is 0.0589. The first kappa shape index (κ1) is 17.9. The fourth-order valence-corrected chi connectivity index (χ4v) is 3.48. The Morgan fingerprint density at radius 3 is 2.96 bits per heavy atom. The first-order chi connectivity index (χ1) is 12.0. The van der Waals surface area contributed by atoms with Crippen LogP contribution in [0.1, 0.15) is 62.1 Å². The molecule has 0 saturated carbocycles. The zero-order valence-electron chi connectivity index (χ0n) is 15.7. The highest BCUT2D eigenvalue weighted by Crippen LogP contribution is 2.25. The van der Waals surface area contributed by atoms with E-state index in [0.717, 1.165) is 42.5 Å². The number of aromatic nitrogens is 3. The number of pyridine rings is 1. The van der Waals surface area contributed by atoms with E-state index in [-0.39, 0.29) is 18.1 Å². The van der Waals surface area contributed by atoms with E-state index < -0.39 is 0 Å². The van der Waals surface area contributed by atoms with Gasteiger partial charge < -0.3 is 9.64 Å². The third-order valence-corrected chi connectivity index (χ3v) is 5.00. The molecule has 3 heterocycles. The molecule has 25 heavy (non-hydrogen) atoms. The van der Waals surface area contributed by atoms with Gasteiger partial charge in [-0.3, -0.25) is 4.79 Å². The fourth-order valence-electron chi connectivity index (χ4n) is 3.48. The van der Waals surface area contributed by atoms with E-state index in [9.17, 15) is 4.79 Å². The number of amides is 1. The second kappa shape index (κ2) is 7.52. The molecule has 0 spiro atoms. The minimum Gasteiger partial charge on any atom is -0.377 e. The quantitative estimate of drug-likeness (QED) is 0.834. The predicted octanol–water partition coefficient (Wildman–Crippen LogP) is 3.35. The maximum Gasteiger partial charge on any atom is 0.254 e. The van der Waals surface area contributed by atoms with Gasteiger partial charge in [-0.15, -0.1) is 0 Å². The molecule has 1 aliphatic rings. The first-order valence-corrected chi connectivity index (χ1v) is 9.30. The highest BCUT2D eigenvalue weighted by atomic mass is 16.5. The summed E-state index contributed by atoms with van der Waals surface area (Å²) in [6, 6.07) is 2.14. The lowest BCUT2D eigenvalue weighted by molar-refractivity contribution is 0.00731. The Balaban J connectivity index is 1.95. The molecule has 0 bridgehead atoms. The van der Waals surface area contributed by atoms with Gasteiger partial charge in [0.05, 0.1) is 29.3 Å². The molecule has 0 radical (unpaired) electrons. The van der Waals surface area contributed by atoms with Crippen LogP contribution in [-0.2, 0) is 4.74 Å². The highest BCUT2D eigenvalue weighted by molar-refractivity contribution is 6.05. The molecule has 2 aromatic heterocycles. The molecule has 0 aromatic carbocycles. The van der Waals surface area contributed by atoms with E-state index in [0.29, 0.717) is 18.7 Å². The summed E-state index contributed by atoms with van der Waals surface area (Å²) >= 11 is 0. The number of ether oxygens (including phenoxy) is 1. The Bertz CT molecular complexity index is 753. The standard InChI is InChI=1S/C19H28N4O2/c1-5-14(4)23-18-17(11-20-23)16(10-13(3)21-18)19(24)22-9-7-8-15(12-22)25-6-2/h10-11,14-15H,5-9,12H2,1-4H3/t14-,15+/m0/s1. The number of likely N-dealkylation sites (tertiary alicyclic amines) is 1. The molecule has 136 valence electrons. The molecule has 3 rings (SSSR count). The van der Waals surface area contributed by atoms with Crippen LogP contribution in [-0.4, -0.2) is 51.4 Å². The van der Waals surface area contributed by atoms with Gasteiger partial charge in [0.1, 0.15) is 0 Å². The SMILES string of the molecule is CCO[C@@H]1CCCN(C(=O)c2cc(C)nc3c2cnn3[C@@H](C)CC)C1. The monoisotopic (exact) mass is 344 g/mol. The summed E-state index contributed by atoms with van der Waals surface area (Å²) in [5.41, 5.74) is 2.35. The van der Waals surface area contributed by atoms with E-state index in [4.69, 9.17) is 4.74 Å². The van der Waals surface area contributed by atoms with E-state index in [2.05, 4.69) is 23.9 Å². The Morgan fingerprint density at radius 2 is 2.24 bits per heavy atom. The van der Waals surface area contributed by atoms with Crippen LogP contribution in [0.3, 0.4) is 0 Å². The van der Waals surface area contributed by atoms with E-state index in [1.807, 2.05) is 29.5 Å². The number of hydrogen-bond donors (Lipinski definition) is 0. The van der Waals surface area contributed by atoms with Gasteiger partial charge in [0.15, 0.2) is 5.65 Å². The molecule has 0 unspecified atom stereocenters. The van der Waals surface area contributed by atoms with Gasteiger partial charge in [-0.25, -0.2) is 9.67 Å². The van der Waals surface area contributed by atoms with Crippen molar-refractivity contribution in [1.29, 1.82) is 0 Å². The second-order valence-corrected chi connectivity index (χ2v) is 6.87. The Kier molecular flexibility index (Phi) is 5.37. The molecule has 0 aliphatic carbocycles. The zero-order valence-corrected chi connectivity index (χ0v) is 15.7. The normalized spacial score (nSPS) is 19.4. The molecule has 1 fully saturated rings. The Hall–Kier alpha value is -1.95. The molecule has 1 aliphatic heterocycles. The summed E-state index contributed by atoms with van der Waals surface area (Å²) in [5.74, 6) is 0.0589. The number of piperidine rings is 1. The van der Waals surface area contributed by atoms with Crippen LogP contribution in [0.15, 0.2) is 12.3 Å². The van der Waals surface area contributed by atoms with Crippen molar-refractivity contribution in [3.05, 3.63) is 23.5 Å². The third kappa shape index (κ3) is 3.54. The molecule has 0 N–H and O–H groups in total. The lowest BCUT2D eigenvalue weighted by Crippen LogP contribution is -2.43. The van der Waals surface area contributed by atoms with E-state index >= 15 is 0 Å². The summed E-state index contributed by atoms with van der Waals surface area (Å²) < 4.78 is 7.67. The molecular formula is C19H28N4O2. The van der Waals surface area contributed by atoms with Crippen molar-refractivity contribution in [1.82, 2.24) is 19.7 Å². The van der Waals surface area contributed by atoms with Gasteiger partial charge in [0, 0.05) is 25.4 Å². The second-order valence-electron chi connectivity index (χ2n) is 6.87. The van der Waals surface area contributed by atoms with Crippen LogP contribution >= 0.6 is 0 Å². The predicted molar refractivity (Wildman–Crippen MR) is 97.8 cm³/mol. The summed E-state index contributed by atoms with van der Waals surface area (Å²) in [5, 5.41) is 5.34. The Labute approximate surface area is 149 Å². The van der Waals surface area contributed by atoms with Crippen molar-refractivity contribution in [2.24, 2.45) is 0 Å². The smallest absolute Gasteiger partial charge is 0.254 e. The molecule has 2 aromatic rings. The van der Waals surface area contributed by atoms with Crippen LogP contribution in [0.5, 0.6) is 0 Å². The Morgan fingerprint density at radius 1 is 1.44 bits per heavy atom. The van der Waals surface area contributed by atoms with Crippen molar-refractivity contribution < 1.29 is 9.53 Å². The number of hydrogen-bond acceptors (Lipinski definition) is 4. The van der Waals surface area contributed by atoms with Crippen molar-refractivity contribution >= 4 is 16.9 Å². The van der Waals surface area contributed by atoms with Gasteiger partial charge in [0.25, 0.3) is 5.91 Å². The van der Waals surface area contributed by atoms with E-state index in [1.165, 1.54) is 0 Å². The third-order valence-electron chi connectivity index (χ3n) is 5.00. The van der Waals surface area contributed by atoms with Crippen molar-refractivity contribution in [2.45, 2.75) is 59.1 Å². The fraction of sp³-hybridized carbons (Fsp3) is 0.632. The highest BCUT2D eigenvalue weighted by Gasteiger charge is 2.27. The number of fused-ring (bicyclic) bond motifs is 1. The number of carbonyl (C=O) groups is 1. The van der Waals surface area contributed by atoms with Crippen LogP contribution in [0.4, 0.5) is 0 Å². The topological polar surface area (TPSA) is 60.2 Å². The van der Waals surface area contributed by atoms with Gasteiger partial charge in [0.2, 0.25) is 0 Å². The van der Waals surface area contributed by atoms with Crippen molar-refractivity contribution in [3.8, 4) is 0 Å². The van der Waals surface area contributed by atoms with Crippen LogP contribution in [0.25, 0.3) is 11.0 Å². The first-order valence-electron chi connectivity index (χ1n) is 9.30. The largest absolute Gasteiger partial charge is 0.377 e. The molecule has 6 heteroatoms. The number of nitrogens with zero attached hydrogens (tertiary/aromatic N) is 4. The molecule has 6 nitrogen and oxygen atoms in total. The van der Waals surface area contributed by atoms with Crippen LogP contribution in [0.2, 0.25) is 0 Å². The van der Waals surface area contributed by atoms with Gasteiger partial charge >= 0.3 is 0 Å². The maximum atomic E-state index is 13.2. The van der Waals surface area contributed by atoms with Gasteiger partial charge in [-0.2, -0.15) is 5.10 Å². The maximum absolute atomic E-state index is 13.2. The number of aryl methyl sites for hydroxylation is 1. The molecule has 2 atom stereocenters. The van der Waals surface area contributed by atoms with Crippen molar-refractivity contribution in [3.63, 3.8) is 0 Å². The van der Waals surface area contributed by atoms with Gasteiger partial charge in [-0.1, -0.05) is 6.92 Å². The van der Waals surface area contributed by atoms with E-state index in [1.54, 1.807) is 6.20 Å². The summed E-state index contributed by atoms with van der Waals surface area (Å²) in [4.78, 5) is 19.7.